The number of nitrogens with zero attached hydrogens (tertiary/aromatic N) is 4. The van der Waals surface area contributed by atoms with Gasteiger partial charge in [0.15, 0.2) is 17.8 Å². The molecule has 10 heteroatoms. The van der Waals surface area contributed by atoms with E-state index in [4.69, 9.17) is 4.74 Å². The molecule has 0 radical (unpaired) electrons. The summed E-state index contributed by atoms with van der Waals surface area (Å²) in [5.74, 6) is -0.787. The summed E-state index contributed by atoms with van der Waals surface area (Å²) in [6, 6.07) is 0. The number of imidazole rings is 1. The van der Waals surface area contributed by atoms with Crippen molar-refractivity contribution in [3.05, 3.63) is 27.2 Å². The molecular formula is C15H21N5O5. The molecule has 0 bridgehead atoms. The Morgan fingerprint density at radius 1 is 1.24 bits per heavy atom. The fourth-order valence-corrected chi connectivity index (χ4v) is 2.22. The number of aromatic nitrogens is 4. The second-order valence-electron chi connectivity index (χ2n) is 6.11. The SMILES string of the molecule is CC(C)CNC(=O)COC(=O)Cn1cnc2c1c(=O)n(C)c(=O)n2C. The van der Waals surface area contributed by atoms with Crippen molar-refractivity contribution in [3.8, 4) is 0 Å². The summed E-state index contributed by atoms with van der Waals surface area (Å²) in [5.41, 5.74) is -0.772. The van der Waals surface area contributed by atoms with Gasteiger partial charge < -0.3 is 14.6 Å². The molecule has 0 unspecified atom stereocenters. The van der Waals surface area contributed by atoms with Crippen LogP contribution >= 0.6 is 0 Å². The third kappa shape index (κ3) is 3.95. The molecule has 2 aromatic rings. The molecule has 0 aromatic carbocycles. The lowest BCUT2D eigenvalue weighted by atomic mass is 10.2. The number of carbonyl (C=O) groups excluding carboxylic acids is 2. The normalized spacial score (nSPS) is 11.1. The summed E-state index contributed by atoms with van der Waals surface area (Å²) in [5, 5.41) is 2.63. The summed E-state index contributed by atoms with van der Waals surface area (Å²) < 4.78 is 8.36. The molecule has 0 aliphatic rings. The van der Waals surface area contributed by atoms with Gasteiger partial charge in [-0.25, -0.2) is 9.78 Å². The van der Waals surface area contributed by atoms with Gasteiger partial charge >= 0.3 is 11.7 Å². The first-order valence-electron chi connectivity index (χ1n) is 7.75. The average Bonchev–Trinajstić information content (AvgIpc) is 2.98. The predicted octanol–water partition coefficient (Wildman–Crippen LogP) is -1.25. The largest absolute Gasteiger partial charge is 0.454 e. The van der Waals surface area contributed by atoms with Gasteiger partial charge in [0.05, 0.1) is 6.33 Å². The highest BCUT2D eigenvalue weighted by Crippen LogP contribution is 2.05. The third-order valence-corrected chi connectivity index (χ3v) is 3.59. The van der Waals surface area contributed by atoms with E-state index in [0.29, 0.717) is 12.5 Å². The van der Waals surface area contributed by atoms with Crippen molar-refractivity contribution in [1.82, 2.24) is 24.0 Å². The van der Waals surface area contributed by atoms with E-state index in [9.17, 15) is 19.2 Å². The molecule has 0 saturated heterocycles. The zero-order valence-electron chi connectivity index (χ0n) is 14.6. The number of fused-ring (bicyclic) bond motifs is 1. The second-order valence-corrected chi connectivity index (χ2v) is 6.11. The number of rotatable bonds is 6. The maximum absolute atomic E-state index is 12.3. The van der Waals surface area contributed by atoms with Crippen molar-refractivity contribution in [2.75, 3.05) is 13.2 Å². The summed E-state index contributed by atoms with van der Waals surface area (Å²) in [4.78, 5) is 51.6. The van der Waals surface area contributed by atoms with Crippen LogP contribution < -0.4 is 16.6 Å². The topological polar surface area (TPSA) is 117 Å². The van der Waals surface area contributed by atoms with Crippen LogP contribution in [0.15, 0.2) is 15.9 Å². The molecule has 25 heavy (non-hydrogen) atoms. The van der Waals surface area contributed by atoms with Gasteiger partial charge in [-0.3, -0.25) is 23.5 Å². The van der Waals surface area contributed by atoms with Crippen LogP contribution in [-0.2, 0) is 35.0 Å². The number of esters is 1. The molecule has 1 N–H and O–H groups in total. The molecular weight excluding hydrogens is 330 g/mol. The quantitative estimate of drug-likeness (QED) is 0.650. The van der Waals surface area contributed by atoms with Crippen LogP contribution in [0.25, 0.3) is 11.2 Å². The molecule has 1 amide bonds. The Bertz CT molecular complexity index is 921. The van der Waals surface area contributed by atoms with Crippen LogP contribution in [0.2, 0.25) is 0 Å². The molecule has 2 rings (SSSR count). The van der Waals surface area contributed by atoms with E-state index >= 15 is 0 Å². The van der Waals surface area contributed by atoms with Crippen LogP contribution in [0.4, 0.5) is 0 Å². The lowest BCUT2D eigenvalue weighted by Gasteiger charge is -2.09. The minimum atomic E-state index is -0.685. The Hall–Kier alpha value is -2.91. The van der Waals surface area contributed by atoms with Gasteiger partial charge in [-0.2, -0.15) is 0 Å². The van der Waals surface area contributed by atoms with Gasteiger partial charge in [0.25, 0.3) is 11.5 Å². The number of aryl methyl sites for hydroxylation is 1. The Morgan fingerprint density at radius 3 is 2.56 bits per heavy atom. The zero-order valence-corrected chi connectivity index (χ0v) is 14.6. The van der Waals surface area contributed by atoms with E-state index in [1.807, 2.05) is 13.8 Å². The van der Waals surface area contributed by atoms with E-state index in [-0.39, 0.29) is 17.7 Å². The van der Waals surface area contributed by atoms with Gasteiger partial charge in [-0.05, 0) is 5.92 Å². The maximum atomic E-state index is 12.3. The highest BCUT2D eigenvalue weighted by molar-refractivity contribution is 5.81. The first kappa shape index (κ1) is 18.4. The van der Waals surface area contributed by atoms with E-state index < -0.39 is 29.7 Å². The molecule has 10 nitrogen and oxygen atoms in total. The average molecular weight is 351 g/mol. The van der Waals surface area contributed by atoms with E-state index in [0.717, 1.165) is 4.57 Å². The minimum Gasteiger partial charge on any atom is -0.454 e. The zero-order chi connectivity index (χ0) is 18.7. The molecule has 0 aliphatic heterocycles. The van der Waals surface area contributed by atoms with Crippen molar-refractivity contribution >= 4 is 23.0 Å². The summed E-state index contributed by atoms with van der Waals surface area (Å²) >= 11 is 0. The van der Waals surface area contributed by atoms with E-state index in [1.54, 1.807) is 0 Å². The number of hydrogen-bond donors (Lipinski definition) is 1. The van der Waals surface area contributed by atoms with Crippen LogP contribution in [0.3, 0.4) is 0 Å². The summed E-state index contributed by atoms with van der Waals surface area (Å²) in [6.07, 6.45) is 1.28. The van der Waals surface area contributed by atoms with Crippen LogP contribution in [0.5, 0.6) is 0 Å². The maximum Gasteiger partial charge on any atom is 0.332 e. The molecule has 0 aliphatic carbocycles. The lowest BCUT2D eigenvalue weighted by molar-refractivity contribution is -0.149. The Morgan fingerprint density at radius 2 is 1.92 bits per heavy atom. The molecule has 0 fully saturated rings. The number of hydrogen-bond acceptors (Lipinski definition) is 6. The Labute approximate surface area is 143 Å². The summed E-state index contributed by atoms with van der Waals surface area (Å²) in [7, 11) is 2.83. The standard InChI is InChI=1S/C15H21N5O5/c1-9(2)5-16-10(21)7-25-11(22)6-20-8-17-13-12(20)14(23)19(4)15(24)18(13)3/h8-9H,5-7H2,1-4H3,(H,16,21). The molecule has 2 aromatic heterocycles. The Kier molecular flexibility index (Phi) is 5.40. The van der Waals surface area contributed by atoms with Crippen molar-refractivity contribution < 1.29 is 14.3 Å². The first-order valence-corrected chi connectivity index (χ1v) is 7.75. The third-order valence-electron chi connectivity index (χ3n) is 3.59. The molecule has 0 spiro atoms. The Balaban J connectivity index is 2.11. The fourth-order valence-electron chi connectivity index (χ4n) is 2.22. The minimum absolute atomic E-state index is 0.116. The lowest BCUT2D eigenvalue weighted by Crippen LogP contribution is -2.37. The van der Waals surface area contributed by atoms with Gasteiger partial charge in [-0.1, -0.05) is 13.8 Å². The number of amides is 1. The van der Waals surface area contributed by atoms with Crippen molar-refractivity contribution in [2.24, 2.45) is 20.0 Å². The second kappa shape index (κ2) is 7.32. The van der Waals surface area contributed by atoms with Crippen LogP contribution in [0.1, 0.15) is 13.8 Å². The van der Waals surface area contributed by atoms with Crippen molar-refractivity contribution in [3.63, 3.8) is 0 Å². The molecule has 136 valence electrons. The number of nitrogens with one attached hydrogen (secondary N) is 1. The van der Waals surface area contributed by atoms with Crippen LogP contribution in [-0.4, -0.2) is 43.7 Å². The predicted molar refractivity (Wildman–Crippen MR) is 89.0 cm³/mol. The van der Waals surface area contributed by atoms with Gasteiger partial charge in [0.1, 0.15) is 6.54 Å². The van der Waals surface area contributed by atoms with Gasteiger partial charge in [-0.15, -0.1) is 0 Å². The van der Waals surface area contributed by atoms with E-state index in [1.165, 1.54) is 29.6 Å². The van der Waals surface area contributed by atoms with Crippen molar-refractivity contribution in [1.29, 1.82) is 0 Å². The first-order chi connectivity index (χ1) is 11.7. The summed E-state index contributed by atoms with van der Waals surface area (Å²) in [6.45, 7) is 3.71. The number of ether oxygens (including phenoxy) is 1. The van der Waals surface area contributed by atoms with Gasteiger partial charge in [0.2, 0.25) is 0 Å². The van der Waals surface area contributed by atoms with E-state index in [2.05, 4.69) is 10.3 Å². The highest BCUT2D eigenvalue weighted by atomic mass is 16.5. The fraction of sp³-hybridized carbons (Fsp3) is 0.533. The van der Waals surface area contributed by atoms with Crippen molar-refractivity contribution in [2.45, 2.75) is 20.4 Å². The molecule has 0 saturated carbocycles. The molecule has 2 heterocycles. The number of carbonyl (C=O) groups is 2. The highest BCUT2D eigenvalue weighted by Gasteiger charge is 2.17. The van der Waals surface area contributed by atoms with Crippen LogP contribution in [0, 0.1) is 5.92 Å². The smallest absolute Gasteiger partial charge is 0.332 e. The molecule has 0 atom stereocenters. The van der Waals surface area contributed by atoms with Gasteiger partial charge in [0, 0.05) is 20.6 Å². The monoisotopic (exact) mass is 351 g/mol.